The number of nitriles is 1. The molecule has 0 aromatic heterocycles. The number of nitrogens with zero attached hydrogens (tertiary/aromatic N) is 1. The van der Waals surface area contributed by atoms with Crippen LogP contribution in [-0.4, -0.2) is 6.61 Å². The average Bonchev–Trinajstić information content (AvgIpc) is 2.45. The van der Waals surface area contributed by atoms with Crippen molar-refractivity contribution >= 4 is 17.3 Å². The number of ether oxygens (including phenoxy) is 1. The fourth-order valence-electron chi connectivity index (χ4n) is 1.65. The van der Waals surface area contributed by atoms with E-state index in [1.54, 1.807) is 0 Å². The molecular formula is C15H13ClN2O. The van der Waals surface area contributed by atoms with E-state index in [4.69, 9.17) is 21.6 Å². The van der Waals surface area contributed by atoms with E-state index in [0.29, 0.717) is 12.3 Å². The van der Waals surface area contributed by atoms with Crippen LogP contribution in [0.15, 0.2) is 48.5 Å². The number of anilines is 1. The molecule has 96 valence electrons. The Morgan fingerprint density at radius 2 is 2.00 bits per heavy atom. The van der Waals surface area contributed by atoms with Gasteiger partial charge in [0.1, 0.15) is 11.8 Å². The molecule has 0 amide bonds. The van der Waals surface area contributed by atoms with Gasteiger partial charge in [-0.1, -0.05) is 35.9 Å². The fraction of sp³-hybridized carbons (Fsp3) is 0.133. The molecule has 0 heterocycles. The summed E-state index contributed by atoms with van der Waals surface area (Å²) in [5.41, 5.74) is 1.96. The predicted octanol–water partition coefficient (Wildman–Crippen LogP) is 3.85. The molecule has 1 N–H and O–H groups in total. The summed E-state index contributed by atoms with van der Waals surface area (Å²) in [6.45, 7) is 0.690. The van der Waals surface area contributed by atoms with E-state index in [2.05, 4.69) is 5.32 Å². The predicted molar refractivity (Wildman–Crippen MR) is 76.3 cm³/mol. The maximum Gasteiger partial charge on any atom is 0.174 e. The molecule has 0 aliphatic carbocycles. The lowest BCUT2D eigenvalue weighted by molar-refractivity contribution is 0.368. The molecule has 4 heteroatoms. The van der Waals surface area contributed by atoms with Gasteiger partial charge in [0, 0.05) is 23.3 Å². The van der Waals surface area contributed by atoms with Gasteiger partial charge in [-0.3, -0.25) is 0 Å². The van der Waals surface area contributed by atoms with Crippen LogP contribution in [0.2, 0.25) is 5.02 Å². The maximum absolute atomic E-state index is 8.47. The summed E-state index contributed by atoms with van der Waals surface area (Å²) < 4.78 is 5.24. The van der Waals surface area contributed by atoms with Crippen LogP contribution in [0.25, 0.3) is 0 Å². The second-order valence-electron chi connectivity index (χ2n) is 3.92. The Balaban J connectivity index is 2.00. The molecule has 2 rings (SSSR count). The van der Waals surface area contributed by atoms with Crippen molar-refractivity contribution < 1.29 is 4.74 Å². The number of nitrogens with one attached hydrogen (secondary N) is 1. The molecule has 0 spiro atoms. The van der Waals surface area contributed by atoms with Gasteiger partial charge < -0.3 is 10.1 Å². The van der Waals surface area contributed by atoms with Gasteiger partial charge in [0.2, 0.25) is 0 Å². The first-order valence-electron chi connectivity index (χ1n) is 5.86. The van der Waals surface area contributed by atoms with E-state index >= 15 is 0 Å². The van der Waals surface area contributed by atoms with Crippen LogP contribution >= 0.6 is 11.6 Å². The van der Waals surface area contributed by atoms with E-state index in [1.165, 1.54) is 0 Å². The Bertz CT molecular complexity index is 593. The highest BCUT2D eigenvalue weighted by Crippen LogP contribution is 2.20. The Morgan fingerprint density at radius 1 is 1.16 bits per heavy atom. The third-order valence-electron chi connectivity index (χ3n) is 2.58. The normalized spacial score (nSPS) is 9.68. The van der Waals surface area contributed by atoms with E-state index in [0.717, 1.165) is 16.3 Å². The number of halogens is 1. The van der Waals surface area contributed by atoms with Crippen molar-refractivity contribution in [3.8, 4) is 11.8 Å². The van der Waals surface area contributed by atoms with Crippen molar-refractivity contribution in [2.45, 2.75) is 6.54 Å². The third kappa shape index (κ3) is 3.90. The highest BCUT2D eigenvalue weighted by atomic mass is 35.5. The molecule has 3 nitrogen and oxygen atoms in total. The zero-order chi connectivity index (χ0) is 13.5. The molecule has 0 atom stereocenters. The van der Waals surface area contributed by atoms with Gasteiger partial charge in [-0.2, -0.15) is 5.26 Å². The van der Waals surface area contributed by atoms with Crippen LogP contribution < -0.4 is 10.1 Å². The first-order valence-corrected chi connectivity index (χ1v) is 6.24. The van der Waals surface area contributed by atoms with Crippen molar-refractivity contribution in [3.63, 3.8) is 0 Å². The minimum absolute atomic E-state index is 0.0496. The Labute approximate surface area is 117 Å². The molecule has 0 saturated carbocycles. The summed E-state index contributed by atoms with van der Waals surface area (Å²) in [5, 5.41) is 12.5. The molecule has 0 aliphatic heterocycles. The molecule has 0 fully saturated rings. The van der Waals surface area contributed by atoms with Crippen molar-refractivity contribution in [1.82, 2.24) is 0 Å². The molecule has 0 bridgehead atoms. The second kappa shape index (κ2) is 6.67. The van der Waals surface area contributed by atoms with Gasteiger partial charge >= 0.3 is 0 Å². The van der Waals surface area contributed by atoms with Crippen molar-refractivity contribution in [1.29, 1.82) is 5.26 Å². The Morgan fingerprint density at radius 3 is 2.79 bits per heavy atom. The lowest BCUT2D eigenvalue weighted by Crippen LogP contribution is -2.00. The van der Waals surface area contributed by atoms with Gasteiger partial charge in [-0.05, 0) is 23.8 Å². The SMILES string of the molecule is N#CCOc1cccc(NCc2ccccc2Cl)c1. The lowest BCUT2D eigenvalue weighted by Gasteiger charge is -2.09. The molecular weight excluding hydrogens is 260 g/mol. The first kappa shape index (κ1) is 13.3. The number of hydrogen-bond donors (Lipinski definition) is 1. The summed E-state index contributed by atoms with van der Waals surface area (Å²) in [7, 11) is 0. The fourth-order valence-corrected chi connectivity index (χ4v) is 1.85. The van der Waals surface area contributed by atoms with Crippen LogP contribution in [0.5, 0.6) is 5.75 Å². The van der Waals surface area contributed by atoms with E-state index in [1.807, 2.05) is 54.6 Å². The summed E-state index contributed by atoms with van der Waals surface area (Å²) in [4.78, 5) is 0. The Kier molecular flexibility index (Phi) is 4.66. The number of rotatable bonds is 5. The zero-order valence-electron chi connectivity index (χ0n) is 10.3. The summed E-state index contributed by atoms with van der Waals surface area (Å²) in [6, 6.07) is 17.1. The van der Waals surface area contributed by atoms with E-state index < -0.39 is 0 Å². The minimum atomic E-state index is 0.0496. The van der Waals surface area contributed by atoms with Crippen LogP contribution in [0, 0.1) is 11.3 Å². The van der Waals surface area contributed by atoms with Crippen LogP contribution in [0.1, 0.15) is 5.56 Å². The smallest absolute Gasteiger partial charge is 0.174 e. The Hall–Kier alpha value is -2.18. The van der Waals surface area contributed by atoms with Gasteiger partial charge in [-0.15, -0.1) is 0 Å². The van der Waals surface area contributed by atoms with E-state index in [-0.39, 0.29) is 6.61 Å². The van der Waals surface area contributed by atoms with Crippen LogP contribution in [0.3, 0.4) is 0 Å². The van der Waals surface area contributed by atoms with Gasteiger partial charge in [0.25, 0.3) is 0 Å². The molecule has 0 saturated heterocycles. The van der Waals surface area contributed by atoms with E-state index in [9.17, 15) is 0 Å². The topological polar surface area (TPSA) is 45.0 Å². The summed E-state index contributed by atoms with van der Waals surface area (Å²) in [5.74, 6) is 0.672. The number of hydrogen-bond acceptors (Lipinski definition) is 3. The van der Waals surface area contributed by atoms with Gasteiger partial charge in [0.15, 0.2) is 6.61 Å². The van der Waals surface area contributed by atoms with Crippen molar-refractivity contribution in [2.75, 3.05) is 11.9 Å². The monoisotopic (exact) mass is 272 g/mol. The minimum Gasteiger partial charge on any atom is -0.479 e. The zero-order valence-corrected chi connectivity index (χ0v) is 11.0. The standard InChI is InChI=1S/C15H13ClN2O/c16-15-7-2-1-4-12(15)11-18-13-5-3-6-14(10-13)19-9-8-17/h1-7,10,18H,9,11H2. The average molecular weight is 273 g/mol. The maximum atomic E-state index is 8.47. The van der Waals surface area contributed by atoms with Crippen LogP contribution in [-0.2, 0) is 6.54 Å². The van der Waals surface area contributed by atoms with Gasteiger partial charge in [0.05, 0.1) is 0 Å². The summed E-state index contributed by atoms with van der Waals surface area (Å²) in [6.07, 6.45) is 0. The largest absolute Gasteiger partial charge is 0.479 e. The molecule has 19 heavy (non-hydrogen) atoms. The number of benzene rings is 2. The lowest BCUT2D eigenvalue weighted by atomic mass is 10.2. The molecule has 2 aromatic carbocycles. The molecule has 0 unspecified atom stereocenters. The quantitative estimate of drug-likeness (QED) is 0.899. The summed E-state index contributed by atoms with van der Waals surface area (Å²) >= 11 is 6.09. The second-order valence-corrected chi connectivity index (χ2v) is 4.33. The first-order chi connectivity index (χ1) is 9.29. The van der Waals surface area contributed by atoms with Crippen molar-refractivity contribution in [3.05, 3.63) is 59.1 Å². The highest BCUT2D eigenvalue weighted by molar-refractivity contribution is 6.31. The molecule has 0 radical (unpaired) electrons. The van der Waals surface area contributed by atoms with Gasteiger partial charge in [-0.25, -0.2) is 0 Å². The van der Waals surface area contributed by atoms with Crippen LogP contribution in [0.4, 0.5) is 5.69 Å². The van der Waals surface area contributed by atoms with Crippen molar-refractivity contribution in [2.24, 2.45) is 0 Å². The third-order valence-corrected chi connectivity index (χ3v) is 2.95. The molecule has 2 aromatic rings. The molecule has 0 aliphatic rings. The highest BCUT2D eigenvalue weighted by Gasteiger charge is 2.00.